The first-order valence-corrected chi connectivity index (χ1v) is 7.47. The second-order valence-electron chi connectivity index (χ2n) is 4.75. The Labute approximate surface area is 121 Å². The molecule has 1 amide bonds. The monoisotopic (exact) mass is 298 g/mol. The predicted octanol–water partition coefficient (Wildman–Crippen LogP) is 1.09. The van der Waals surface area contributed by atoms with Gasteiger partial charge in [0, 0.05) is 18.3 Å². The van der Waals surface area contributed by atoms with Crippen LogP contribution in [-0.2, 0) is 20.7 Å². The topological polar surface area (TPSA) is 79.7 Å². The van der Waals surface area contributed by atoms with Crippen molar-refractivity contribution in [3.63, 3.8) is 0 Å². The molecule has 1 aliphatic heterocycles. The largest absolute Gasteiger partial charge is 0.479 e. The van der Waals surface area contributed by atoms with Crippen molar-refractivity contribution in [1.29, 1.82) is 0 Å². The third kappa shape index (κ3) is 4.01. The minimum atomic E-state index is -1.01. The molecule has 1 fully saturated rings. The minimum Gasteiger partial charge on any atom is -0.479 e. The molecule has 0 bridgehead atoms. The first-order valence-electron chi connectivity index (χ1n) is 6.59. The molecule has 0 aliphatic carbocycles. The van der Waals surface area contributed by atoms with E-state index in [1.165, 1.54) is 0 Å². The maximum absolute atomic E-state index is 12.0. The van der Waals surface area contributed by atoms with Crippen LogP contribution < -0.4 is 0 Å². The maximum atomic E-state index is 12.0. The van der Waals surface area contributed by atoms with E-state index >= 15 is 0 Å². The summed E-state index contributed by atoms with van der Waals surface area (Å²) in [5, 5.41) is 11.9. The smallest absolute Gasteiger partial charge is 0.334 e. The number of hydrogen-bond acceptors (Lipinski definition) is 5. The molecule has 110 valence electrons. The second kappa shape index (κ2) is 6.81. The first-order chi connectivity index (χ1) is 9.56. The van der Waals surface area contributed by atoms with Gasteiger partial charge in [0.15, 0.2) is 6.10 Å². The van der Waals surface area contributed by atoms with Crippen LogP contribution in [0.15, 0.2) is 5.38 Å². The Bertz CT molecular complexity index is 488. The Kier molecular flexibility index (Phi) is 5.08. The number of carboxylic acid groups (broad SMARTS) is 1. The highest BCUT2D eigenvalue weighted by Crippen LogP contribution is 2.12. The molecule has 0 spiro atoms. The first kappa shape index (κ1) is 14.9. The zero-order valence-corrected chi connectivity index (χ0v) is 12.2. The Morgan fingerprint density at radius 2 is 2.40 bits per heavy atom. The number of thiazole rings is 1. The molecule has 0 radical (unpaired) electrons. The summed E-state index contributed by atoms with van der Waals surface area (Å²) >= 11 is 1.61. The van der Waals surface area contributed by atoms with Crippen molar-refractivity contribution in [3.8, 4) is 0 Å². The van der Waals surface area contributed by atoms with E-state index in [1.54, 1.807) is 16.2 Å². The van der Waals surface area contributed by atoms with Gasteiger partial charge in [-0.2, -0.15) is 0 Å². The molecule has 7 heteroatoms. The number of aromatic nitrogens is 1. The molecular weight excluding hydrogens is 280 g/mol. The summed E-state index contributed by atoms with van der Waals surface area (Å²) in [6.45, 7) is 2.86. The second-order valence-corrected chi connectivity index (χ2v) is 5.81. The Balaban J connectivity index is 1.75. The lowest BCUT2D eigenvalue weighted by molar-refractivity contribution is -0.159. The predicted molar refractivity (Wildman–Crippen MR) is 73.7 cm³/mol. The summed E-state index contributed by atoms with van der Waals surface area (Å²) in [4.78, 5) is 28.8. The Hall–Kier alpha value is -1.47. The number of amides is 1. The van der Waals surface area contributed by atoms with Crippen molar-refractivity contribution in [2.45, 2.75) is 32.3 Å². The van der Waals surface area contributed by atoms with E-state index < -0.39 is 12.1 Å². The van der Waals surface area contributed by atoms with Gasteiger partial charge in [-0.3, -0.25) is 4.79 Å². The fourth-order valence-electron chi connectivity index (χ4n) is 2.13. The van der Waals surface area contributed by atoms with Crippen molar-refractivity contribution in [2.24, 2.45) is 0 Å². The molecule has 1 aromatic heterocycles. The number of rotatable bonds is 5. The van der Waals surface area contributed by atoms with Gasteiger partial charge in [0.2, 0.25) is 5.91 Å². The number of carboxylic acids is 1. The number of nitrogens with zero attached hydrogens (tertiary/aromatic N) is 2. The number of morpholine rings is 1. The summed E-state index contributed by atoms with van der Waals surface area (Å²) in [6.07, 6.45) is 1.04. The van der Waals surface area contributed by atoms with Crippen LogP contribution >= 0.6 is 11.3 Å². The van der Waals surface area contributed by atoms with E-state index in [9.17, 15) is 9.59 Å². The standard InChI is InChI=1S/C13H18N2O4S/c1-9-14-10(8-20-9)3-2-4-12(16)15-5-6-19-11(7-15)13(17)18/h8,11H,2-7H2,1H3,(H,17,18)/t11-/m1/s1. The minimum absolute atomic E-state index is 0.00787. The van der Waals surface area contributed by atoms with Gasteiger partial charge in [0.25, 0.3) is 0 Å². The number of aryl methyl sites for hydroxylation is 2. The molecule has 1 saturated heterocycles. The normalized spacial score (nSPS) is 19.1. The van der Waals surface area contributed by atoms with Gasteiger partial charge in [0.05, 0.1) is 23.9 Å². The number of ether oxygens (including phenoxy) is 1. The van der Waals surface area contributed by atoms with Gasteiger partial charge >= 0.3 is 5.97 Å². The van der Waals surface area contributed by atoms with E-state index in [1.807, 2.05) is 12.3 Å². The molecule has 1 atom stereocenters. The highest BCUT2D eigenvalue weighted by molar-refractivity contribution is 7.09. The number of hydrogen-bond donors (Lipinski definition) is 1. The molecule has 1 N–H and O–H groups in total. The van der Waals surface area contributed by atoms with Crippen LogP contribution in [0.5, 0.6) is 0 Å². The molecule has 6 nitrogen and oxygen atoms in total. The summed E-state index contributed by atoms with van der Waals surface area (Å²) < 4.78 is 5.09. The van der Waals surface area contributed by atoms with Crippen LogP contribution in [0.25, 0.3) is 0 Å². The van der Waals surface area contributed by atoms with Gasteiger partial charge in [-0.25, -0.2) is 9.78 Å². The number of aliphatic carboxylic acids is 1. The van der Waals surface area contributed by atoms with E-state index in [2.05, 4.69) is 4.98 Å². The SMILES string of the molecule is Cc1nc(CCCC(=O)N2CCO[C@@H](C(=O)O)C2)cs1. The summed E-state index contributed by atoms with van der Waals surface area (Å²) in [7, 11) is 0. The van der Waals surface area contributed by atoms with Gasteiger partial charge < -0.3 is 14.7 Å². The average Bonchev–Trinajstić information content (AvgIpc) is 2.84. The van der Waals surface area contributed by atoms with Crippen molar-refractivity contribution < 1.29 is 19.4 Å². The summed E-state index contributed by atoms with van der Waals surface area (Å²) in [5.41, 5.74) is 1.02. The molecule has 0 unspecified atom stereocenters. The Morgan fingerprint density at radius 1 is 1.60 bits per heavy atom. The molecule has 2 heterocycles. The van der Waals surface area contributed by atoms with Gasteiger partial charge in [-0.05, 0) is 19.8 Å². The Morgan fingerprint density at radius 3 is 3.05 bits per heavy atom. The number of carbonyl (C=O) groups excluding carboxylic acids is 1. The molecule has 0 saturated carbocycles. The molecular formula is C13H18N2O4S. The van der Waals surface area contributed by atoms with Crippen LogP contribution in [0.4, 0.5) is 0 Å². The summed E-state index contributed by atoms with van der Waals surface area (Å²) in [5.74, 6) is -1.02. The lowest BCUT2D eigenvalue weighted by atomic mass is 10.1. The van der Waals surface area contributed by atoms with Crippen LogP contribution in [0.2, 0.25) is 0 Å². The van der Waals surface area contributed by atoms with Crippen LogP contribution in [0.3, 0.4) is 0 Å². The van der Waals surface area contributed by atoms with Crippen LogP contribution in [-0.4, -0.2) is 52.7 Å². The lowest BCUT2D eigenvalue weighted by Gasteiger charge is -2.30. The highest BCUT2D eigenvalue weighted by atomic mass is 32.1. The zero-order valence-electron chi connectivity index (χ0n) is 11.4. The van der Waals surface area contributed by atoms with Crippen LogP contribution in [0, 0.1) is 6.92 Å². The number of carbonyl (C=O) groups is 2. The van der Waals surface area contributed by atoms with E-state index in [0.29, 0.717) is 13.0 Å². The molecule has 0 aromatic carbocycles. The lowest BCUT2D eigenvalue weighted by Crippen LogP contribution is -2.48. The average molecular weight is 298 g/mol. The maximum Gasteiger partial charge on any atom is 0.334 e. The van der Waals surface area contributed by atoms with Gasteiger partial charge in [-0.15, -0.1) is 11.3 Å². The van der Waals surface area contributed by atoms with E-state index in [-0.39, 0.29) is 19.1 Å². The third-order valence-electron chi connectivity index (χ3n) is 3.18. The summed E-state index contributed by atoms with van der Waals surface area (Å²) in [6, 6.07) is 0. The fraction of sp³-hybridized carbons (Fsp3) is 0.615. The van der Waals surface area contributed by atoms with E-state index in [0.717, 1.165) is 23.5 Å². The van der Waals surface area contributed by atoms with Gasteiger partial charge in [0.1, 0.15) is 0 Å². The molecule has 2 rings (SSSR count). The third-order valence-corrected chi connectivity index (χ3v) is 4.01. The molecule has 1 aromatic rings. The molecule has 20 heavy (non-hydrogen) atoms. The van der Waals surface area contributed by atoms with Crippen LogP contribution in [0.1, 0.15) is 23.5 Å². The van der Waals surface area contributed by atoms with Crippen molar-refractivity contribution in [3.05, 3.63) is 16.1 Å². The van der Waals surface area contributed by atoms with Crippen molar-refractivity contribution in [1.82, 2.24) is 9.88 Å². The van der Waals surface area contributed by atoms with Crippen molar-refractivity contribution >= 4 is 23.2 Å². The fourth-order valence-corrected chi connectivity index (χ4v) is 2.77. The zero-order chi connectivity index (χ0) is 14.5. The molecule has 1 aliphatic rings. The van der Waals surface area contributed by atoms with E-state index in [4.69, 9.17) is 9.84 Å². The van der Waals surface area contributed by atoms with Crippen molar-refractivity contribution in [2.75, 3.05) is 19.7 Å². The quantitative estimate of drug-likeness (QED) is 0.880. The van der Waals surface area contributed by atoms with Gasteiger partial charge in [-0.1, -0.05) is 0 Å². The highest BCUT2D eigenvalue weighted by Gasteiger charge is 2.28.